The van der Waals surface area contributed by atoms with Gasteiger partial charge >= 0.3 is 0 Å². The Hall–Kier alpha value is -3.33. The van der Waals surface area contributed by atoms with E-state index in [4.69, 9.17) is 11.6 Å². The summed E-state index contributed by atoms with van der Waals surface area (Å²) in [7, 11) is 0. The Morgan fingerprint density at radius 2 is 2.10 bits per heavy atom. The van der Waals surface area contributed by atoms with Crippen LogP contribution in [0.1, 0.15) is 31.1 Å². The number of halogens is 1. The number of nitrogens with one attached hydrogen (secondary N) is 1. The van der Waals surface area contributed by atoms with Crippen molar-refractivity contribution in [3.05, 3.63) is 59.6 Å². The molecule has 5 rings (SSSR count). The summed E-state index contributed by atoms with van der Waals surface area (Å²) < 4.78 is 2.12. The minimum atomic E-state index is 0.00945. The summed E-state index contributed by atoms with van der Waals surface area (Å²) in [5.41, 5.74) is 1.69. The van der Waals surface area contributed by atoms with Crippen LogP contribution in [0.5, 0.6) is 0 Å². The highest BCUT2D eigenvalue weighted by Crippen LogP contribution is 2.37. The lowest BCUT2D eigenvalue weighted by Gasteiger charge is -2.30. The highest BCUT2D eigenvalue weighted by molar-refractivity contribution is 6.30. The third kappa shape index (κ3) is 3.23. The second-order valence-electron chi connectivity index (χ2n) is 6.95. The Morgan fingerprint density at radius 1 is 1.17 bits per heavy atom. The van der Waals surface area contributed by atoms with Crippen molar-refractivity contribution < 1.29 is 0 Å². The molecule has 2 atom stereocenters. The Kier molecular flexibility index (Phi) is 4.44. The molecule has 10 heteroatoms. The fourth-order valence-corrected chi connectivity index (χ4v) is 3.83. The molecule has 146 valence electrons. The molecule has 2 unspecified atom stereocenters. The first-order valence-corrected chi connectivity index (χ1v) is 9.73. The predicted octanol–water partition coefficient (Wildman–Crippen LogP) is 3.13. The maximum atomic E-state index is 6.09. The molecule has 0 aliphatic carbocycles. The van der Waals surface area contributed by atoms with Crippen molar-refractivity contribution >= 4 is 17.5 Å². The first-order chi connectivity index (χ1) is 14.2. The van der Waals surface area contributed by atoms with Crippen molar-refractivity contribution in [3.8, 4) is 17.1 Å². The molecule has 1 aliphatic rings. The van der Waals surface area contributed by atoms with Crippen molar-refractivity contribution in [2.75, 3.05) is 11.9 Å². The zero-order chi connectivity index (χ0) is 19.8. The number of benzene rings is 1. The number of pyridine rings is 1. The van der Waals surface area contributed by atoms with Crippen LogP contribution in [0, 0.1) is 0 Å². The first-order valence-electron chi connectivity index (χ1n) is 9.36. The van der Waals surface area contributed by atoms with Crippen LogP contribution in [0.3, 0.4) is 0 Å². The van der Waals surface area contributed by atoms with Gasteiger partial charge in [0.2, 0.25) is 5.95 Å². The standard InChI is InChI=1S/C19H18ClN9/c1-12(17-23-27-29(26-17)15-6-2-5-14(20)10-15)16-7-9-22-19-25-24-18(28(16)19)13-4-3-8-21-11-13/h2-6,8,10-12,16H,7,9H2,1H3,(H,22,25). The maximum Gasteiger partial charge on any atom is 0.225 e. The normalized spacial score (nSPS) is 16.8. The fraction of sp³-hybridized carbons (Fsp3) is 0.263. The topological polar surface area (TPSA) is 99.2 Å². The van der Waals surface area contributed by atoms with Crippen molar-refractivity contribution in [1.82, 2.24) is 40.0 Å². The smallest absolute Gasteiger partial charge is 0.225 e. The van der Waals surface area contributed by atoms with Crippen LogP contribution in [-0.4, -0.2) is 46.5 Å². The molecule has 1 aliphatic heterocycles. The third-order valence-electron chi connectivity index (χ3n) is 5.12. The van der Waals surface area contributed by atoms with Gasteiger partial charge in [-0.15, -0.1) is 25.2 Å². The summed E-state index contributed by atoms with van der Waals surface area (Å²) in [6.07, 6.45) is 4.43. The minimum Gasteiger partial charge on any atom is -0.354 e. The molecule has 4 heterocycles. The summed E-state index contributed by atoms with van der Waals surface area (Å²) >= 11 is 6.09. The van der Waals surface area contributed by atoms with E-state index in [0.717, 1.165) is 36.0 Å². The summed E-state index contributed by atoms with van der Waals surface area (Å²) in [6, 6.07) is 11.3. The van der Waals surface area contributed by atoms with Crippen molar-refractivity contribution in [2.24, 2.45) is 0 Å². The highest BCUT2D eigenvalue weighted by Gasteiger charge is 2.32. The Morgan fingerprint density at radius 3 is 2.93 bits per heavy atom. The minimum absolute atomic E-state index is 0.00945. The van der Waals surface area contributed by atoms with E-state index in [0.29, 0.717) is 10.8 Å². The quantitative estimate of drug-likeness (QED) is 0.554. The third-order valence-corrected chi connectivity index (χ3v) is 5.36. The first kappa shape index (κ1) is 17.7. The number of aromatic nitrogens is 8. The van der Waals surface area contributed by atoms with Crippen LogP contribution in [0.2, 0.25) is 5.02 Å². The molecule has 29 heavy (non-hydrogen) atoms. The zero-order valence-corrected chi connectivity index (χ0v) is 16.4. The molecular formula is C19H18ClN9. The molecule has 0 saturated heterocycles. The average molecular weight is 408 g/mol. The molecule has 3 aromatic heterocycles. The van der Waals surface area contributed by atoms with E-state index in [1.54, 1.807) is 18.5 Å². The van der Waals surface area contributed by atoms with E-state index in [1.807, 2.05) is 30.3 Å². The van der Waals surface area contributed by atoms with Crippen LogP contribution in [0.25, 0.3) is 17.1 Å². The van der Waals surface area contributed by atoms with Gasteiger partial charge in [-0.1, -0.05) is 24.6 Å². The van der Waals surface area contributed by atoms with Gasteiger partial charge < -0.3 is 5.32 Å². The van der Waals surface area contributed by atoms with Crippen molar-refractivity contribution in [1.29, 1.82) is 0 Å². The van der Waals surface area contributed by atoms with Gasteiger partial charge in [0.15, 0.2) is 11.6 Å². The van der Waals surface area contributed by atoms with Gasteiger partial charge in [-0.05, 0) is 42.0 Å². The van der Waals surface area contributed by atoms with Gasteiger partial charge in [-0.25, -0.2) is 0 Å². The molecular weight excluding hydrogens is 390 g/mol. The number of tetrazole rings is 1. The predicted molar refractivity (Wildman–Crippen MR) is 108 cm³/mol. The lowest BCUT2D eigenvalue weighted by Crippen LogP contribution is -2.27. The number of rotatable bonds is 4. The Labute approximate surface area is 171 Å². The molecule has 4 aromatic rings. The SMILES string of the molecule is CC(c1nnn(-c2cccc(Cl)c2)n1)C1CCNc2nnc(-c3cccnc3)n21. The molecule has 0 saturated carbocycles. The van der Waals surface area contributed by atoms with Gasteiger partial charge in [-0.2, -0.15) is 0 Å². The summed E-state index contributed by atoms with van der Waals surface area (Å²) in [4.78, 5) is 5.72. The molecule has 0 bridgehead atoms. The van der Waals surface area contributed by atoms with E-state index in [1.165, 1.54) is 4.80 Å². The van der Waals surface area contributed by atoms with Gasteiger partial charge in [0.25, 0.3) is 0 Å². The lowest BCUT2D eigenvalue weighted by molar-refractivity contribution is 0.389. The molecule has 1 aromatic carbocycles. The van der Waals surface area contributed by atoms with E-state index < -0.39 is 0 Å². The average Bonchev–Trinajstić information content (AvgIpc) is 3.41. The van der Waals surface area contributed by atoms with E-state index in [2.05, 4.69) is 47.4 Å². The van der Waals surface area contributed by atoms with E-state index >= 15 is 0 Å². The number of nitrogens with zero attached hydrogens (tertiary/aromatic N) is 8. The van der Waals surface area contributed by atoms with Gasteiger partial charge in [0.05, 0.1) is 11.7 Å². The van der Waals surface area contributed by atoms with Crippen molar-refractivity contribution in [2.45, 2.75) is 25.3 Å². The summed E-state index contributed by atoms with van der Waals surface area (Å²) in [5, 5.41) is 25.8. The molecule has 0 fully saturated rings. The van der Waals surface area contributed by atoms with Gasteiger partial charge in [0.1, 0.15) is 0 Å². The van der Waals surface area contributed by atoms with Crippen LogP contribution in [0.15, 0.2) is 48.8 Å². The van der Waals surface area contributed by atoms with Crippen LogP contribution in [-0.2, 0) is 0 Å². The van der Waals surface area contributed by atoms with Crippen LogP contribution in [0.4, 0.5) is 5.95 Å². The molecule has 0 spiro atoms. The number of anilines is 1. The van der Waals surface area contributed by atoms with Gasteiger partial charge in [-0.3, -0.25) is 9.55 Å². The van der Waals surface area contributed by atoms with Gasteiger partial charge in [0, 0.05) is 35.4 Å². The molecule has 9 nitrogen and oxygen atoms in total. The number of hydrogen-bond donors (Lipinski definition) is 1. The zero-order valence-electron chi connectivity index (χ0n) is 15.6. The second kappa shape index (κ2) is 7.25. The largest absolute Gasteiger partial charge is 0.354 e. The Balaban J connectivity index is 1.50. The maximum absolute atomic E-state index is 6.09. The monoisotopic (exact) mass is 407 g/mol. The van der Waals surface area contributed by atoms with Crippen LogP contribution < -0.4 is 5.32 Å². The molecule has 0 amide bonds. The lowest BCUT2D eigenvalue weighted by atomic mass is 9.96. The van der Waals surface area contributed by atoms with E-state index in [9.17, 15) is 0 Å². The molecule has 0 radical (unpaired) electrons. The summed E-state index contributed by atoms with van der Waals surface area (Å²) in [6.45, 7) is 2.91. The van der Waals surface area contributed by atoms with Crippen molar-refractivity contribution in [3.63, 3.8) is 0 Å². The number of hydrogen-bond acceptors (Lipinski definition) is 7. The van der Waals surface area contributed by atoms with E-state index in [-0.39, 0.29) is 12.0 Å². The van der Waals surface area contributed by atoms with Crippen LogP contribution >= 0.6 is 11.6 Å². The number of fused-ring (bicyclic) bond motifs is 1. The highest BCUT2D eigenvalue weighted by atomic mass is 35.5. The Bertz CT molecular complexity index is 1140. The second-order valence-corrected chi connectivity index (χ2v) is 7.38. The molecule has 1 N–H and O–H groups in total. The fourth-order valence-electron chi connectivity index (χ4n) is 3.64. The summed E-state index contributed by atoms with van der Waals surface area (Å²) in [5.74, 6) is 2.19.